The maximum absolute atomic E-state index is 12.8. The maximum Gasteiger partial charge on any atom is 0.407 e. The highest BCUT2D eigenvalue weighted by molar-refractivity contribution is 14.0. The summed E-state index contributed by atoms with van der Waals surface area (Å²) < 4.78 is 5.34. The number of ether oxygens (including phenoxy) is 1. The Bertz CT molecular complexity index is 809. The summed E-state index contributed by atoms with van der Waals surface area (Å²) in [4.78, 5) is 33.3. The molecular formula is C22H34IN5O3. The molecule has 31 heavy (non-hydrogen) atoms. The fourth-order valence-electron chi connectivity index (χ4n) is 3.80. The van der Waals surface area contributed by atoms with Crippen molar-refractivity contribution < 1.29 is 14.3 Å². The van der Waals surface area contributed by atoms with Gasteiger partial charge in [-0.05, 0) is 52.2 Å². The van der Waals surface area contributed by atoms with Crippen LogP contribution in [0.3, 0.4) is 0 Å². The molecule has 9 heteroatoms. The van der Waals surface area contributed by atoms with E-state index in [1.807, 2.05) is 50.8 Å². The second-order valence-corrected chi connectivity index (χ2v) is 8.67. The normalized spacial score (nSPS) is 18.3. The van der Waals surface area contributed by atoms with Gasteiger partial charge in [0.25, 0.3) is 0 Å². The summed E-state index contributed by atoms with van der Waals surface area (Å²) >= 11 is 0. The van der Waals surface area contributed by atoms with Crippen LogP contribution >= 0.6 is 24.0 Å². The molecule has 1 fully saturated rings. The van der Waals surface area contributed by atoms with Crippen molar-refractivity contribution in [3.05, 3.63) is 29.8 Å². The Morgan fingerprint density at radius 2 is 1.97 bits per heavy atom. The number of rotatable bonds is 4. The molecule has 0 radical (unpaired) electrons. The van der Waals surface area contributed by atoms with E-state index in [4.69, 9.17) is 4.74 Å². The number of guanidine groups is 1. The van der Waals surface area contributed by atoms with E-state index in [2.05, 4.69) is 26.6 Å². The Labute approximate surface area is 201 Å². The highest BCUT2D eigenvalue weighted by atomic mass is 127. The monoisotopic (exact) mass is 543 g/mol. The van der Waals surface area contributed by atoms with Gasteiger partial charge in [0, 0.05) is 31.9 Å². The molecule has 172 valence electrons. The highest BCUT2D eigenvalue weighted by Gasteiger charge is 2.29. The number of alkyl carbamates (subject to hydrolysis) is 1. The van der Waals surface area contributed by atoms with Gasteiger partial charge in [0.05, 0.1) is 6.04 Å². The van der Waals surface area contributed by atoms with Gasteiger partial charge in [-0.2, -0.15) is 0 Å². The first-order chi connectivity index (χ1) is 14.3. The second-order valence-electron chi connectivity index (χ2n) is 8.67. The lowest BCUT2D eigenvalue weighted by atomic mass is 10.2. The number of hydrogen-bond donors (Lipinski definition) is 2. The number of carbonyl (C=O) groups excluding carboxylic acids is 2. The molecular weight excluding hydrogens is 509 g/mol. The van der Waals surface area contributed by atoms with Crippen LogP contribution in [0.2, 0.25) is 0 Å². The molecule has 2 aliphatic rings. The maximum atomic E-state index is 12.8. The molecule has 2 N–H and O–H groups in total. The smallest absolute Gasteiger partial charge is 0.407 e. The minimum Gasteiger partial charge on any atom is -0.444 e. The van der Waals surface area contributed by atoms with Gasteiger partial charge in [-0.25, -0.2) is 9.79 Å². The Balaban J connectivity index is 0.00000341. The first-order valence-electron chi connectivity index (χ1n) is 10.7. The first kappa shape index (κ1) is 25.2. The standard InChI is InChI=1S/C22H33N5O3.HI/c1-5-23-20(26-12-11-17(15-26)25-21(29)30-22(2,3)4)24-14-19(28)27-13-10-16-8-6-7-9-18(16)27;/h6-9,17H,5,10-15H2,1-4H3,(H,23,24)(H,25,29);1H. The van der Waals surface area contributed by atoms with Crippen LogP contribution in [0.1, 0.15) is 39.7 Å². The van der Waals surface area contributed by atoms with Crippen molar-refractivity contribution in [2.24, 2.45) is 4.99 Å². The Morgan fingerprint density at radius 1 is 1.23 bits per heavy atom. The first-order valence-corrected chi connectivity index (χ1v) is 10.7. The van der Waals surface area contributed by atoms with E-state index in [-0.39, 0.29) is 42.5 Å². The number of anilines is 1. The third-order valence-electron chi connectivity index (χ3n) is 5.10. The van der Waals surface area contributed by atoms with Gasteiger partial charge in [-0.15, -0.1) is 24.0 Å². The lowest BCUT2D eigenvalue weighted by Gasteiger charge is -2.23. The van der Waals surface area contributed by atoms with E-state index in [9.17, 15) is 9.59 Å². The molecule has 0 spiro atoms. The number of carbonyl (C=O) groups is 2. The number of nitrogens with zero attached hydrogens (tertiary/aromatic N) is 3. The molecule has 0 aromatic heterocycles. The number of halogens is 1. The van der Waals surface area contributed by atoms with Gasteiger partial charge < -0.3 is 25.2 Å². The van der Waals surface area contributed by atoms with Gasteiger partial charge >= 0.3 is 6.09 Å². The SMILES string of the molecule is CCNC(=NCC(=O)N1CCc2ccccc21)N1CCC(NC(=O)OC(C)(C)C)C1.I. The van der Waals surface area contributed by atoms with Crippen molar-refractivity contribution in [3.8, 4) is 0 Å². The highest BCUT2D eigenvalue weighted by Crippen LogP contribution is 2.27. The van der Waals surface area contributed by atoms with Crippen LogP contribution in [0.15, 0.2) is 29.3 Å². The average Bonchev–Trinajstić information content (AvgIpc) is 3.30. The Morgan fingerprint density at radius 3 is 2.68 bits per heavy atom. The van der Waals surface area contributed by atoms with Crippen molar-refractivity contribution in [3.63, 3.8) is 0 Å². The quantitative estimate of drug-likeness (QED) is 0.347. The summed E-state index contributed by atoms with van der Waals surface area (Å²) in [6.45, 7) is 10.4. The fourth-order valence-corrected chi connectivity index (χ4v) is 3.80. The van der Waals surface area contributed by atoms with Crippen molar-refractivity contribution in [2.75, 3.05) is 37.6 Å². The van der Waals surface area contributed by atoms with E-state index >= 15 is 0 Å². The van der Waals surface area contributed by atoms with Gasteiger partial charge in [0.15, 0.2) is 5.96 Å². The van der Waals surface area contributed by atoms with E-state index in [0.29, 0.717) is 25.6 Å². The minimum absolute atomic E-state index is 0. The summed E-state index contributed by atoms with van der Waals surface area (Å²) in [5.41, 5.74) is 1.68. The van der Waals surface area contributed by atoms with Crippen LogP contribution in [0.5, 0.6) is 0 Å². The fraction of sp³-hybridized carbons (Fsp3) is 0.591. The number of likely N-dealkylation sites (tertiary alicyclic amines) is 1. The minimum atomic E-state index is -0.521. The van der Waals surface area contributed by atoms with Crippen LogP contribution in [0.4, 0.5) is 10.5 Å². The molecule has 1 aromatic rings. The number of fused-ring (bicyclic) bond motifs is 1. The predicted octanol–water partition coefficient (Wildman–Crippen LogP) is 2.76. The topological polar surface area (TPSA) is 86.3 Å². The molecule has 0 bridgehead atoms. The zero-order valence-corrected chi connectivity index (χ0v) is 21.1. The molecule has 1 unspecified atom stereocenters. The second kappa shape index (κ2) is 11.0. The number of aliphatic imine (C=N–C) groups is 1. The summed E-state index contributed by atoms with van der Waals surface area (Å²) in [6.07, 6.45) is 1.28. The van der Waals surface area contributed by atoms with Gasteiger partial charge in [-0.1, -0.05) is 18.2 Å². The third kappa shape index (κ3) is 6.98. The third-order valence-corrected chi connectivity index (χ3v) is 5.10. The Hall–Kier alpha value is -2.04. The molecule has 0 saturated carbocycles. The molecule has 1 atom stereocenters. The number of para-hydroxylation sites is 1. The molecule has 2 amide bonds. The van der Waals surface area contributed by atoms with Crippen LogP contribution < -0.4 is 15.5 Å². The number of nitrogens with one attached hydrogen (secondary N) is 2. The zero-order valence-electron chi connectivity index (χ0n) is 18.8. The molecule has 3 rings (SSSR count). The van der Waals surface area contributed by atoms with Crippen LogP contribution in [0, 0.1) is 0 Å². The number of benzene rings is 1. The van der Waals surface area contributed by atoms with Gasteiger partial charge in [0.1, 0.15) is 12.1 Å². The predicted molar refractivity (Wildman–Crippen MR) is 133 cm³/mol. The molecule has 1 aromatic carbocycles. The van der Waals surface area contributed by atoms with Crippen molar-refractivity contribution in [1.82, 2.24) is 15.5 Å². The van der Waals surface area contributed by atoms with Gasteiger partial charge in [0.2, 0.25) is 5.91 Å². The summed E-state index contributed by atoms with van der Waals surface area (Å²) in [7, 11) is 0. The average molecular weight is 543 g/mol. The van der Waals surface area contributed by atoms with E-state index in [0.717, 1.165) is 25.1 Å². The van der Waals surface area contributed by atoms with E-state index in [1.54, 1.807) is 0 Å². The molecule has 8 nitrogen and oxygen atoms in total. The van der Waals surface area contributed by atoms with Crippen LogP contribution in [-0.4, -0.2) is 67.2 Å². The van der Waals surface area contributed by atoms with Crippen molar-refractivity contribution in [2.45, 2.75) is 52.2 Å². The van der Waals surface area contributed by atoms with Crippen molar-refractivity contribution in [1.29, 1.82) is 0 Å². The molecule has 0 aliphatic carbocycles. The molecule has 2 aliphatic heterocycles. The van der Waals surface area contributed by atoms with Crippen LogP contribution in [-0.2, 0) is 16.0 Å². The Kier molecular flexibility index (Phi) is 8.96. The lowest BCUT2D eigenvalue weighted by molar-refractivity contribution is -0.117. The molecule has 2 heterocycles. The lowest BCUT2D eigenvalue weighted by Crippen LogP contribution is -2.44. The van der Waals surface area contributed by atoms with E-state index in [1.165, 1.54) is 5.56 Å². The summed E-state index contributed by atoms with van der Waals surface area (Å²) in [5.74, 6) is 0.699. The summed E-state index contributed by atoms with van der Waals surface area (Å²) in [5, 5.41) is 6.19. The zero-order chi connectivity index (χ0) is 21.7. The van der Waals surface area contributed by atoms with Gasteiger partial charge in [-0.3, -0.25) is 4.79 Å². The molecule has 1 saturated heterocycles. The van der Waals surface area contributed by atoms with Crippen LogP contribution in [0.25, 0.3) is 0 Å². The van der Waals surface area contributed by atoms with E-state index < -0.39 is 11.7 Å². The summed E-state index contributed by atoms with van der Waals surface area (Å²) in [6, 6.07) is 8.01. The largest absolute Gasteiger partial charge is 0.444 e. The number of hydrogen-bond acceptors (Lipinski definition) is 4. The number of amides is 2. The van der Waals surface area contributed by atoms with Crippen molar-refractivity contribution >= 4 is 47.6 Å².